The molecule has 0 saturated heterocycles. The summed E-state index contributed by atoms with van der Waals surface area (Å²) in [6.07, 6.45) is 4.34. The molecule has 1 fully saturated rings. The van der Waals surface area contributed by atoms with Crippen LogP contribution >= 0.6 is 11.6 Å². The maximum Gasteiger partial charge on any atom is 0.244 e. The summed E-state index contributed by atoms with van der Waals surface area (Å²) < 4.78 is 38.1. The molecule has 0 unspecified atom stereocenters. The minimum absolute atomic E-state index is 0.0431. The van der Waals surface area contributed by atoms with Crippen LogP contribution in [0.15, 0.2) is 42.5 Å². The number of amides is 2. The van der Waals surface area contributed by atoms with Crippen LogP contribution in [-0.4, -0.2) is 56.3 Å². The summed E-state index contributed by atoms with van der Waals surface area (Å²) in [5.41, 5.74) is 1.07. The van der Waals surface area contributed by atoms with Gasteiger partial charge in [-0.15, -0.1) is 0 Å². The minimum Gasteiger partial charge on any atom is -0.454 e. The number of ether oxygens (including phenoxy) is 2. The van der Waals surface area contributed by atoms with Crippen molar-refractivity contribution >= 4 is 39.1 Å². The maximum atomic E-state index is 13.9. The molecule has 0 spiro atoms. The Balaban J connectivity index is 1.64. The number of nitrogens with one attached hydrogen (secondary N) is 1. The average Bonchev–Trinajstić information content (AvgIpc) is 3.59. The van der Waals surface area contributed by atoms with Crippen molar-refractivity contribution in [3.8, 4) is 11.5 Å². The van der Waals surface area contributed by atoms with E-state index in [9.17, 15) is 18.0 Å². The van der Waals surface area contributed by atoms with Crippen LogP contribution in [-0.2, 0) is 26.2 Å². The zero-order chi connectivity index (χ0) is 27.3. The predicted octanol–water partition coefficient (Wildman–Crippen LogP) is 4.09. The molecule has 0 radical (unpaired) electrons. The Hall–Kier alpha value is -2.98. The smallest absolute Gasteiger partial charge is 0.244 e. The van der Waals surface area contributed by atoms with Gasteiger partial charge in [-0.3, -0.25) is 13.9 Å². The third kappa shape index (κ3) is 6.53. The van der Waals surface area contributed by atoms with Gasteiger partial charge in [-0.2, -0.15) is 0 Å². The number of sulfonamides is 1. The van der Waals surface area contributed by atoms with Gasteiger partial charge in [0, 0.05) is 23.7 Å². The van der Waals surface area contributed by atoms with Gasteiger partial charge in [0.05, 0.1) is 11.4 Å². The van der Waals surface area contributed by atoms with Gasteiger partial charge < -0.3 is 19.7 Å². The van der Waals surface area contributed by atoms with E-state index in [1.54, 1.807) is 42.5 Å². The van der Waals surface area contributed by atoms with Gasteiger partial charge in [-0.25, -0.2) is 8.42 Å². The third-order valence-electron chi connectivity index (χ3n) is 6.98. The molecular weight excluding hydrogens is 530 g/mol. The fourth-order valence-corrected chi connectivity index (χ4v) is 6.01. The molecule has 9 nitrogen and oxygen atoms in total. The van der Waals surface area contributed by atoms with Gasteiger partial charge in [0.25, 0.3) is 0 Å². The van der Waals surface area contributed by atoms with Gasteiger partial charge in [-0.1, -0.05) is 43.5 Å². The first-order chi connectivity index (χ1) is 18.2. The van der Waals surface area contributed by atoms with Crippen LogP contribution in [0, 0.1) is 0 Å². The molecule has 2 aromatic carbocycles. The summed E-state index contributed by atoms with van der Waals surface area (Å²) in [5, 5.41) is 3.65. The van der Waals surface area contributed by atoms with Crippen LogP contribution in [0.5, 0.6) is 11.5 Å². The third-order valence-corrected chi connectivity index (χ3v) is 8.97. The monoisotopic (exact) mass is 563 g/mol. The Bertz CT molecular complexity index is 1250. The summed E-state index contributed by atoms with van der Waals surface area (Å²) in [7, 11) is -3.84. The first-order valence-electron chi connectivity index (χ1n) is 13.0. The summed E-state index contributed by atoms with van der Waals surface area (Å²) in [4.78, 5) is 28.7. The van der Waals surface area contributed by atoms with E-state index >= 15 is 0 Å². The molecule has 1 aliphatic heterocycles. The van der Waals surface area contributed by atoms with Crippen LogP contribution in [0.25, 0.3) is 0 Å². The average molecular weight is 564 g/mol. The van der Waals surface area contributed by atoms with Gasteiger partial charge in [0.1, 0.15) is 12.6 Å². The minimum atomic E-state index is -3.84. The van der Waals surface area contributed by atoms with E-state index in [2.05, 4.69) is 5.32 Å². The van der Waals surface area contributed by atoms with E-state index < -0.39 is 28.5 Å². The molecule has 1 saturated carbocycles. The lowest BCUT2D eigenvalue weighted by atomic mass is 10.1. The van der Waals surface area contributed by atoms with Crippen LogP contribution < -0.4 is 19.1 Å². The first kappa shape index (κ1) is 28.0. The molecule has 2 amide bonds. The molecular formula is C27H34ClN3O6S. The zero-order valence-electron chi connectivity index (χ0n) is 21.7. The van der Waals surface area contributed by atoms with Crippen molar-refractivity contribution in [2.45, 2.75) is 64.6 Å². The van der Waals surface area contributed by atoms with Crippen molar-refractivity contribution in [3.63, 3.8) is 0 Å². The van der Waals surface area contributed by atoms with Crippen LogP contribution in [0.4, 0.5) is 5.69 Å². The topological polar surface area (TPSA) is 105 Å². The van der Waals surface area contributed by atoms with E-state index in [1.165, 1.54) is 11.8 Å². The molecule has 1 heterocycles. The second-order valence-electron chi connectivity index (χ2n) is 9.51. The number of hydrogen-bond acceptors (Lipinski definition) is 6. The summed E-state index contributed by atoms with van der Waals surface area (Å²) >= 11 is 6.05. The van der Waals surface area contributed by atoms with E-state index in [1.807, 2.05) is 6.92 Å². The Morgan fingerprint density at radius 2 is 1.74 bits per heavy atom. The van der Waals surface area contributed by atoms with Crippen molar-refractivity contribution in [2.24, 2.45) is 0 Å². The van der Waals surface area contributed by atoms with Crippen molar-refractivity contribution in [1.29, 1.82) is 0 Å². The highest BCUT2D eigenvalue weighted by atomic mass is 35.5. The largest absolute Gasteiger partial charge is 0.454 e. The molecule has 1 N–H and O–H groups in total. The number of hydrogen-bond donors (Lipinski definition) is 1. The Kier molecular flexibility index (Phi) is 9.04. The quantitative estimate of drug-likeness (QED) is 0.441. The summed E-state index contributed by atoms with van der Waals surface area (Å²) in [6, 6.07) is 11.1. The molecule has 11 heteroatoms. The summed E-state index contributed by atoms with van der Waals surface area (Å²) in [6.45, 7) is 3.08. The molecule has 1 atom stereocenters. The molecule has 1 aliphatic carbocycles. The van der Waals surface area contributed by atoms with Crippen molar-refractivity contribution < 1.29 is 27.5 Å². The highest BCUT2D eigenvalue weighted by molar-refractivity contribution is 7.92. The number of anilines is 1. The lowest BCUT2D eigenvalue weighted by Gasteiger charge is -2.33. The fraction of sp³-hybridized carbons (Fsp3) is 0.481. The number of nitrogens with zero attached hydrogens (tertiary/aromatic N) is 2. The van der Waals surface area contributed by atoms with Crippen LogP contribution in [0.2, 0.25) is 5.02 Å². The number of carbonyl (C=O) groups excluding carboxylic acids is 2. The second-order valence-corrected chi connectivity index (χ2v) is 12.1. The second kappa shape index (κ2) is 12.3. The van der Waals surface area contributed by atoms with Gasteiger partial charge in [-0.05, 0) is 56.0 Å². The summed E-state index contributed by atoms with van der Waals surface area (Å²) in [5.74, 6) is 0.00276. The van der Waals surface area contributed by atoms with E-state index in [0.717, 1.165) is 35.6 Å². The molecule has 4 rings (SSSR count). The Morgan fingerprint density at radius 1 is 1.05 bits per heavy atom. The Labute approximate surface area is 229 Å². The highest BCUT2D eigenvalue weighted by Crippen LogP contribution is 2.36. The fourth-order valence-electron chi connectivity index (χ4n) is 4.83. The van der Waals surface area contributed by atoms with Gasteiger partial charge in [0.15, 0.2) is 11.5 Å². The molecule has 206 valence electrons. The molecule has 0 aromatic heterocycles. The number of benzene rings is 2. The van der Waals surface area contributed by atoms with Gasteiger partial charge >= 0.3 is 0 Å². The first-order valence-corrected chi connectivity index (χ1v) is 14.9. The SMILES string of the molecule is CC[C@@H](C(=O)NC1CCCC1)N(Cc1ccc(Cl)cc1)C(=O)CN(c1ccc2c(c1)OCO2)S(=O)(=O)CC. The van der Waals surface area contributed by atoms with Crippen molar-refractivity contribution in [2.75, 3.05) is 23.4 Å². The normalized spacial score (nSPS) is 15.8. The van der Waals surface area contributed by atoms with Crippen molar-refractivity contribution in [3.05, 3.63) is 53.1 Å². The van der Waals surface area contributed by atoms with E-state index in [4.69, 9.17) is 21.1 Å². The lowest BCUT2D eigenvalue weighted by molar-refractivity contribution is -0.140. The number of carbonyl (C=O) groups is 2. The maximum absolute atomic E-state index is 13.9. The highest BCUT2D eigenvalue weighted by Gasteiger charge is 2.34. The number of halogens is 1. The molecule has 38 heavy (non-hydrogen) atoms. The van der Waals surface area contributed by atoms with Crippen LogP contribution in [0.1, 0.15) is 51.5 Å². The van der Waals surface area contributed by atoms with Crippen LogP contribution in [0.3, 0.4) is 0 Å². The molecule has 2 aliphatic rings. The predicted molar refractivity (Wildman–Crippen MR) is 146 cm³/mol. The molecule has 0 bridgehead atoms. The zero-order valence-corrected chi connectivity index (χ0v) is 23.3. The standard InChI is InChI=1S/C27H34ClN3O6S/c1-3-23(27(33)29-21-7-5-6-8-21)30(16-19-9-11-20(28)12-10-19)26(32)17-31(38(34,35)4-2)22-13-14-24-25(15-22)37-18-36-24/h9-15,21,23H,3-8,16-18H2,1-2H3,(H,29,33)/t23-/m0/s1. The number of rotatable bonds is 11. The van der Waals surface area contributed by atoms with Gasteiger partial charge in [0.2, 0.25) is 28.6 Å². The number of fused-ring (bicyclic) bond motifs is 1. The molecule has 2 aromatic rings. The van der Waals surface area contributed by atoms with E-state index in [0.29, 0.717) is 28.6 Å². The van der Waals surface area contributed by atoms with Crippen molar-refractivity contribution in [1.82, 2.24) is 10.2 Å². The Morgan fingerprint density at radius 3 is 2.39 bits per heavy atom. The van der Waals surface area contributed by atoms with E-state index in [-0.39, 0.29) is 31.0 Å². The lowest BCUT2D eigenvalue weighted by Crippen LogP contribution is -2.53.